The SMILES string of the molecule is CCN(C(=O)CO)C1CCC(CCN2CCC(Cc3cc(F)ccc3Br)CC2)CC1. The summed E-state index contributed by atoms with van der Waals surface area (Å²) in [5, 5.41) is 9.16. The summed E-state index contributed by atoms with van der Waals surface area (Å²) in [6.45, 7) is 5.76. The molecule has 6 heteroatoms. The van der Waals surface area contributed by atoms with Crippen LogP contribution < -0.4 is 0 Å². The molecule has 1 aromatic rings. The maximum atomic E-state index is 13.5. The second-order valence-electron chi connectivity index (χ2n) is 9.03. The normalized spacial score (nSPS) is 23.5. The van der Waals surface area contributed by atoms with Crippen molar-refractivity contribution in [2.24, 2.45) is 11.8 Å². The van der Waals surface area contributed by atoms with Crippen molar-refractivity contribution < 1.29 is 14.3 Å². The Morgan fingerprint density at radius 1 is 1.17 bits per heavy atom. The van der Waals surface area contributed by atoms with Gasteiger partial charge in [0, 0.05) is 17.1 Å². The summed E-state index contributed by atoms with van der Waals surface area (Å²) in [7, 11) is 0. The Kier molecular flexibility index (Phi) is 9.14. The highest BCUT2D eigenvalue weighted by molar-refractivity contribution is 9.10. The molecule has 1 N–H and O–H groups in total. The molecule has 0 spiro atoms. The highest BCUT2D eigenvalue weighted by Gasteiger charge is 2.28. The lowest BCUT2D eigenvalue weighted by molar-refractivity contribution is -0.137. The predicted octanol–water partition coefficient (Wildman–Crippen LogP) is 4.63. The molecule has 1 saturated carbocycles. The van der Waals surface area contributed by atoms with E-state index < -0.39 is 0 Å². The minimum Gasteiger partial charge on any atom is -0.387 e. The molecule has 1 aliphatic carbocycles. The van der Waals surface area contributed by atoms with Gasteiger partial charge < -0.3 is 14.9 Å². The van der Waals surface area contributed by atoms with E-state index >= 15 is 0 Å². The molecule has 0 aromatic heterocycles. The summed E-state index contributed by atoms with van der Waals surface area (Å²) in [4.78, 5) is 16.3. The Hall–Kier alpha value is -0.980. The van der Waals surface area contributed by atoms with Crippen molar-refractivity contribution in [2.45, 2.75) is 64.3 Å². The third kappa shape index (κ3) is 6.51. The van der Waals surface area contributed by atoms with Crippen LogP contribution in [0.25, 0.3) is 0 Å². The van der Waals surface area contributed by atoms with Crippen molar-refractivity contribution >= 4 is 21.8 Å². The standard InChI is InChI=1S/C24H36BrFN2O2/c1-2-28(24(30)17-29)22-6-3-18(4-7-22)9-12-27-13-10-19(11-14-27)15-20-16-21(26)5-8-23(20)25/h5,8,16,18-19,22,29H,2-4,6-7,9-15,17H2,1H3. The molecule has 1 amide bonds. The van der Waals surface area contributed by atoms with Crippen LogP contribution in [-0.2, 0) is 11.2 Å². The number of amides is 1. The van der Waals surface area contributed by atoms with Crippen LogP contribution in [0.15, 0.2) is 22.7 Å². The third-order valence-electron chi connectivity index (χ3n) is 7.13. The first-order valence-electron chi connectivity index (χ1n) is 11.6. The van der Waals surface area contributed by atoms with E-state index in [9.17, 15) is 9.18 Å². The number of halogens is 2. The summed E-state index contributed by atoms with van der Waals surface area (Å²) < 4.78 is 14.5. The zero-order valence-corrected chi connectivity index (χ0v) is 19.7. The molecule has 30 heavy (non-hydrogen) atoms. The van der Waals surface area contributed by atoms with Gasteiger partial charge in [-0.2, -0.15) is 0 Å². The molecule has 1 aromatic carbocycles. The molecule has 168 valence electrons. The first kappa shape index (κ1) is 23.7. The van der Waals surface area contributed by atoms with Crippen LogP contribution in [0.4, 0.5) is 4.39 Å². The topological polar surface area (TPSA) is 43.8 Å². The van der Waals surface area contributed by atoms with Crippen LogP contribution >= 0.6 is 15.9 Å². The van der Waals surface area contributed by atoms with Crippen molar-refractivity contribution in [1.82, 2.24) is 9.80 Å². The van der Waals surface area contributed by atoms with Gasteiger partial charge in [0.15, 0.2) is 0 Å². The predicted molar refractivity (Wildman–Crippen MR) is 122 cm³/mol. The Bertz CT molecular complexity index is 686. The fourth-order valence-corrected chi connectivity index (χ4v) is 5.67. The average Bonchev–Trinajstić information content (AvgIpc) is 2.77. The number of nitrogens with zero attached hydrogens (tertiary/aromatic N) is 2. The van der Waals surface area contributed by atoms with E-state index in [1.54, 1.807) is 6.07 Å². The van der Waals surface area contributed by atoms with Gasteiger partial charge in [-0.15, -0.1) is 0 Å². The fraction of sp³-hybridized carbons (Fsp3) is 0.708. The van der Waals surface area contributed by atoms with Crippen molar-refractivity contribution in [1.29, 1.82) is 0 Å². The van der Waals surface area contributed by atoms with Crippen molar-refractivity contribution in [3.05, 3.63) is 34.1 Å². The number of hydrogen-bond donors (Lipinski definition) is 1. The third-order valence-corrected chi connectivity index (χ3v) is 7.90. The molecule has 0 bridgehead atoms. The molecule has 0 atom stereocenters. The molecule has 0 unspecified atom stereocenters. The molecule has 2 fully saturated rings. The van der Waals surface area contributed by atoms with Crippen LogP contribution in [0.5, 0.6) is 0 Å². The lowest BCUT2D eigenvalue weighted by Crippen LogP contribution is -2.43. The molecule has 2 aliphatic rings. The number of likely N-dealkylation sites (tertiary alicyclic amines) is 1. The van der Waals surface area contributed by atoms with Gasteiger partial charge in [0.2, 0.25) is 5.91 Å². The summed E-state index contributed by atoms with van der Waals surface area (Å²) >= 11 is 3.56. The number of aliphatic hydroxyl groups excluding tert-OH is 1. The van der Waals surface area contributed by atoms with Crippen LogP contribution in [0, 0.1) is 17.7 Å². The highest BCUT2D eigenvalue weighted by atomic mass is 79.9. The number of likely N-dealkylation sites (N-methyl/N-ethyl adjacent to an activating group) is 1. The first-order valence-corrected chi connectivity index (χ1v) is 12.4. The summed E-state index contributed by atoms with van der Waals surface area (Å²) in [5.41, 5.74) is 1.09. The van der Waals surface area contributed by atoms with E-state index in [1.807, 2.05) is 17.9 Å². The van der Waals surface area contributed by atoms with Gasteiger partial charge in [0.05, 0.1) is 0 Å². The molecular formula is C24H36BrFN2O2. The molecule has 3 rings (SSSR count). The van der Waals surface area contributed by atoms with Gasteiger partial charge in [-0.3, -0.25) is 4.79 Å². The zero-order chi connectivity index (χ0) is 21.5. The van der Waals surface area contributed by atoms with Gasteiger partial charge in [0.25, 0.3) is 0 Å². The lowest BCUT2D eigenvalue weighted by atomic mass is 9.83. The second kappa shape index (κ2) is 11.6. The van der Waals surface area contributed by atoms with Gasteiger partial charge in [0.1, 0.15) is 12.4 Å². The Labute approximate surface area is 188 Å². The van der Waals surface area contributed by atoms with Crippen LogP contribution in [0.1, 0.15) is 57.4 Å². The zero-order valence-electron chi connectivity index (χ0n) is 18.2. The first-order chi connectivity index (χ1) is 14.5. The Morgan fingerprint density at radius 2 is 1.87 bits per heavy atom. The Morgan fingerprint density at radius 3 is 2.50 bits per heavy atom. The molecule has 1 aliphatic heterocycles. The summed E-state index contributed by atoms with van der Waals surface area (Å²) in [5.74, 6) is 1.11. The van der Waals surface area contributed by atoms with Crippen LogP contribution in [-0.4, -0.2) is 59.6 Å². The Balaban J connectivity index is 1.35. The molecule has 4 nitrogen and oxygen atoms in total. The van der Waals surface area contributed by atoms with E-state index in [2.05, 4.69) is 20.8 Å². The van der Waals surface area contributed by atoms with Crippen LogP contribution in [0.3, 0.4) is 0 Å². The number of benzene rings is 1. The fourth-order valence-electron chi connectivity index (χ4n) is 5.26. The number of aliphatic hydroxyl groups is 1. The van der Waals surface area contributed by atoms with Gasteiger partial charge in [-0.1, -0.05) is 15.9 Å². The van der Waals surface area contributed by atoms with Gasteiger partial charge >= 0.3 is 0 Å². The van der Waals surface area contributed by atoms with Crippen LogP contribution in [0.2, 0.25) is 0 Å². The van der Waals surface area contributed by atoms with Crippen molar-refractivity contribution in [3.63, 3.8) is 0 Å². The monoisotopic (exact) mass is 482 g/mol. The summed E-state index contributed by atoms with van der Waals surface area (Å²) in [6.07, 6.45) is 9.07. The summed E-state index contributed by atoms with van der Waals surface area (Å²) in [6, 6.07) is 5.30. The number of piperidine rings is 1. The molecular weight excluding hydrogens is 447 g/mol. The minimum absolute atomic E-state index is 0.130. The van der Waals surface area contributed by atoms with E-state index in [0.717, 1.165) is 48.3 Å². The maximum Gasteiger partial charge on any atom is 0.248 e. The molecule has 0 radical (unpaired) electrons. The number of carbonyl (C=O) groups excluding carboxylic acids is 1. The van der Waals surface area contributed by atoms with E-state index in [1.165, 1.54) is 44.7 Å². The highest BCUT2D eigenvalue weighted by Crippen LogP contribution is 2.31. The smallest absolute Gasteiger partial charge is 0.248 e. The maximum absolute atomic E-state index is 13.5. The average molecular weight is 483 g/mol. The van der Waals surface area contributed by atoms with E-state index in [0.29, 0.717) is 18.5 Å². The second-order valence-corrected chi connectivity index (χ2v) is 9.88. The largest absolute Gasteiger partial charge is 0.387 e. The molecule has 1 heterocycles. The van der Waals surface area contributed by atoms with Crippen molar-refractivity contribution in [2.75, 3.05) is 32.8 Å². The number of rotatable bonds is 8. The van der Waals surface area contributed by atoms with Gasteiger partial charge in [-0.25, -0.2) is 4.39 Å². The van der Waals surface area contributed by atoms with E-state index in [-0.39, 0.29) is 18.3 Å². The quantitative estimate of drug-likeness (QED) is 0.587. The minimum atomic E-state index is -0.375. The van der Waals surface area contributed by atoms with E-state index in [4.69, 9.17) is 5.11 Å². The molecule has 1 saturated heterocycles. The number of carbonyl (C=O) groups is 1. The van der Waals surface area contributed by atoms with Gasteiger partial charge in [-0.05, 0) is 114 Å². The lowest BCUT2D eigenvalue weighted by Gasteiger charge is -2.37. The van der Waals surface area contributed by atoms with Crippen molar-refractivity contribution in [3.8, 4) is 0 Å². The number of hydrogen-bond acceptors (Lipinski definition) is 3.